The fourth-order valence-electron chi connectivity index (χ4n) is 5.29. The fraction of sp³-hybridized carbons (Fsp3) is 0.536. The molecule has 2 N–H and O–H groups in total. The number of aliphatic hydroxyl groups is 2. The number of hydrogen-bond donors (Lipinski definition) is 2. The van der Waals surface area contributed by atoms with Crippen LogP contribution in [0.4, 0.5) is 0 Å². The molecule has 5 heteroatoms. The minimum atomic E-state index is -0.385. The van der Waals surface area contributed by atoms with Gasteiger partial charge in [-0.1, -0.05) is 56.3 Å². The summed E-state index contributed by atoms with van der Waals surface area (Å²) in [4.78, 5) is 12.2. The maximum absolute atomic E-state index is 12.2. The highest BCUT2D eigenvalue weighted by molar-refractivity contribution is 5.71. The molecule has 4 rings (SSSR count). The van der Waals surface area contributed by atoms with Crippen LogP contribution in [0.3, 0.4) is 0 Å². The lowest BCUT2D eigenvalue weighted by atomic mass is 9.73. The van der Waals surface area contributed by atoms with Gasteiger partial charge in [-0.2, -0.15) is 0 Å². The molecule has 2 aromatic carbocycles. The molecule has 1 saturated carbocycles. The van der Waals surface area contributed by atoms with Gasteiger partial charge in [-0.15, -0.1) is 0 Å². The summed E-state index contributed by atoms with van der Waals surface area (Å²) in [5.74, 6) is 1.45. The molecule has 0 heterocycles. The summed E-state index contributed by atoms with van der Waals surface area (Å²) < 4.78 is 11.2. The molecule has 0 aliphatic heterocycles. The van der Waals surface area contributed by atoms with Gasteiger partial charge in [0.05, 0.1) is 12.2 Å². The van der Waals surface area contributed by atoms with Crippen LogP contribution in [0.2, 0.25) is 0 Å². The van der Waals surface area contributed by atoms with E-state index in [0.29, 0.717) is 11.8 Å². The summed E-state index contributed by atoms with van der Waals surface area (Å²) in [7, 11) is 0. The quantitative estimate of drug-likeness (QED) is 0.565. The Bertz CT molecular complexity index is 879. The molecule has 33 heavy (non-hydrogen) atoms. The lowest BCUT2D eigenvalue weighted by molar-refractivity contribution is -0.147. The highest BCUT2D eigenvalue weighted by Gasteiger charge is 2.44. The van der Waals surface area contributed by atoms with E-state index in [-0.39, 0.29) is 37.3 Å². The van der Waals surface area contributed by atoms with Crippen LogP contribution in [0.1, 0.15) is 56.7 Å². The average molecular weight is 455 g/mol. The summed E-state index contributed by atoms with van der Waals surface area (Å²) in [6, 6.07) is 15.6. The minimum absolute atomic E-state index is 0.114. The third-order valence-corrected chi connectivity index (χ3v) is 6.85. The van der Waals surface area contributed by atoms with E-state index in [4.69, 9.17) is 9.47 Å². The Morgan fingerprint density at radius 2 is 1.85 bits per heavy atom. The SMILES string of the molecule is CC.CC(O)CCC1C2Cc3cccc(OCC(=O)OCc4ccccc4)c3CC2C[C@H]1O. The van der Waals surface area contributed by atoms with Crippen molar-refractivity contribution in [2.45, 2.75) is 71.7 Å². The Morgan fingerprint density at radius 1 is 1.09 bits per heavy atom. The molecule has 0 saturated heterocycles. The van der Waals surface area contributed by atoms with Gasteiger partial charge >= 0.3 is 5.97 Å². The first-order chi connectivity index (χ1) is 16.0. The summed E-state index contributed by atoms with van der Waals surface area (Å²) in [5, 5.41) is 20.3. The molecule has 4 unspecified atom stereocenters. The van der Waals surface area contributed by atoms with Crippen LogP contribution in [-0.2, 0) is 29.0 Å². The van der Waals surface area contributed by atoms with E-state index >= 15 is 0 Å². The maximum atomic E-state index is 12.2. The van der Waals surface area contributed by atoms with E-state index in [2.05, 4.69) is 6.07 Å². The minimum Gasteiger partial charge on any atom is -0.482 e. The second-order valence-electron chi connectivity index (χ2n) is 9.05. The van der Waals surface area contributed by atoms with E-state index in [9.17, 15) is 15.0 Å². The number of hydrogen-bond acceptors (Lipinski definition) is 5. The molecular weight excluding hydrogens is 416 g/mol. The molecule has 0 bridgehead atoms. The molecule has 2 aromatic rings. The van der Waals surface area contributed by atoms with Crippen molar-refractivity contribution in [2.75, 3.05) is 6.61 Å². The van der Waals surface area contributed by atoms with Crippen LogP contribution in [0.5, 0.6) is 5.75 Å². The molecule has 2 aliphatic carbocycles. The topological polar surface area (TPSA) is 76.0 Å². The van der Waals surface area contributed by atoms with Gasteiger partial charge in [-0.3, -0.25) is 0 Å². The predicted molar refractivity (Wildman–Crippen MR) is 129 cm³/mol. The summed E-state index contributed by atoms with van der Waals surface area (Å²) in [6.45, 7) is 5.94. The van der Waals surface area contributed by atoms with Gasteiger partial charge in [0.15, 0.2) is 6.61 Å². The van der Waals surface area contributed by atoms with Gasteiger partial charge in [-0.25, -0.2) is 4.79 Å². The van der Waals surface area contributed by atoms with Crippen molar-refractivity contribution in [3.8, 4) is 5.75 Å². The zero-order valence-electron chi connectivity index (χ0n) is 20.1. The molecule has 0 aromatic heterocycles. The van der Waals surface area contributed by atoms with Crippen molar-refractivity contribution in [2.24, 2.45) is 17.8 Å². The number of rotatable bonds is 8. The van der Waals surface area contributed by atoms with Crippen molar-refractivity contribution in [1.29, 1.82) is 0 Å². The van der Waals surface area contributed by atoms with E-state index in [1.807, 2.05) is 63.2 Å². The van der Waals surface area contributed by atoms with Gasteiger partial charge in [0.2, 0.25) is 0 Å². The zero-order valence-corrected chi connectivity index (χ0v) is 20.1. The lowest BCUT2D eigenvalue weighted by Crippen LogP contribution is -2.28. The van der Waals surface area contributed by atoms with Gasteiger partial charge in [0.25, 0.3) is 0 Å². The molecule has 2 aliphatic rings. The normalized spacial score (nSPS) is 24.0. The molecule has 1 fully saturated rings. The largest absolute Gasteiger partial charge is 0.482 e. The van der Waals surface area contributed by atoms with Crippen molar-refractivity contribution >= 4 is 5.97 Å². The second kappa shape index (κ2) is 12.2. The van der Waals surface area contributed by atoms with Crippen LogP contribution >= 0.6 is 0 Å². The first-order valence-electron chi connectivity index (χ1n) is 12.3. The number of carbonyl (C=O) groups is 1. The first-order valence-corrected chi connectivity index (χ1v) is 12.3. The van der Waals surface area contributed by atoms with Crippen molar-refractivity contribution < 1.29 is 24.5 Å². The summed E-state index contributed by atoms with van der Waals surface area (Å²) in [6.07, 6.45) is 3.52. The number of ether oxygens (including phenoxy) is 2. The zero-order chi connectivity index (χ0) is 23.8. The third-order valence-electron chi connectivity index (χ3n) is 6.85. The fourth-order valence-corrected chi connectivity index (χ4v) is 5.29. The van der Waals surface area contributed by atoms with Gasteiger partial charge in [-0.05, 0) is 79.5 Å². The standard InChI is InChI=1S/C26H32O5.C2H6/c1-17(27)10-11-21-22-12-19-8-5-9-25(23(19)13-20(22)14-24(21)28)30-16-26(29)31-15-18-6-3-2-4-7-18;1-2/h2-9,17,20-22,24,27-28H,10-16H2,1H3;1-2H3/t17?,20?,21?,22?,24-;/m1./s1. The lowest BCUT2D eigenvalue weighted by Gasteiger charge is -2.32. The van der Waals surface area contributed by atoms with E-state index in [0.717, 1.165) is 49.0 Å². The molecule has 5 nitrogen and oxygen atoms in total. The second-order valence-corrected chi connectivity index (χ2v) is 9.05. The monoisotopic (exact) mass is 454 g/mol. The van der Waals surface area contributed by atoms with Crippen LogP contribution in [0.15, 0.2) is 48.5 Å². The molecule has 0 amide bonds. The summed E-state index contributed by atoms with van der Waals surface area (Å²) in [5.41, 5.74) is 3.35. The highest BCUT2D eigenvalue weighted by Crippen LogP contribution is 2.48. The molecule has 180 valence electrons. The molecule has 0 spiro atoms. The molecule has 5 atom stereocenters. The van der Waals surface area contributed by atoms with Gasteiger partial charge in [0.1, 0.15) is 12.4 Å². The van der Waals surface area contributed by atoms with Gasteiger partial charge in [0, 0.05) is 0 Å². The number of aliphatic hydroxyl groups excluding tert-OH is 2. The van der Waals surface area contributed by atoms with Crippen LogP contribution < -0.4 is 4.74 Å². The van der Waals surface area contributed by atoms with Crippen LogP contribution in [0, 0.1) is 17.8 Å². The smallest absolute Gasteiger partial charge is 0.344 e. The predicted octanol–water partition coefficient (Wildman–Crippen LogP) is 4.71. The number of esters is 1. The third kappa shape index (κ3) is 6.58. The Kier molecular flexibility index (Phi) is 9.33. The molecule has 0 radical (unpaired) electrons. The maximum Gasteiger partial charge on any atom is 0.344 e. The number of benzene rings is 2. The number of fused-ring (bicyclic) bond motifs is 2. The van der Waals surface area contributed by atoms with Crippen molar-refractivity contribution in [3.05, 3.63) is 65.2 Å². The Morgan fingerprint density at radius 3 is 2.58 bits per heavy atom. The highest BCUT2D eigenvalue weighted by atomic mass is 16.6. The Balaban J connectivity index is 0.00000149. The Hall–Kier alpha value is -2.37. The van der Waals surface area contributed by atoms with Crippen LogP contribution in [0.25, 0.3) is 0 Å². The van der Waals surface area contributed by atoms with E-state index in [1.54, 1.807) is 0 Å². The first kappa shape index (κ1) is 25.3. The average Bonchev–Trinajstić information content (AvgIpc) is 3.14. The van der Waals surface area contributed by atoms with E-state index in [1.165, 1.54) is 5.56 Å². The van der Waals surface area contributed by atoms with Crippen molar-refractivity contribution in [3.63, 3.8) is 0 Å². The van der Waals surface area contributed by atoms with Crippen molar-refractivity contribution in [1.82, 2.24) is 0 Å². The van der Waals surface area contributed by atoms with Gasteiger partial charge < -0.3 is 19.7 Å². The molecular formula is C28H38O5. The summed E-state index contributed by atoms with van der Waals surface area (Å²) >= 11 is 0. The van der Waals surface area contributed by atoms with Crippen LogP contribution in [-0.4, -0.2) is 35.0 Å². The Labute approximate surface area is 197 Å². The number of carbonyl (C=O) groups excluding carboxylic acids is 1. The van der Waals surface area contributed by atoms with E-state index < -0.39 is 0 Å².